The van der Waals surface area contributed by atoms with Crippen LogP contribution in [0.5, 0.6) is 11.5 Å². The van der Waals surface area contributed by atoms with Crippen LogP contribution in [0.4, 0.5) is 11.6 Å². The second kappa shape index (κ2) is 7.10. The quantitative estimate of drug-likeness (QED) is 0.870. The van der Waals surface area contributed by atoms with E-state index in [1.807, 2.05) is 6.07 Å². The highest BCUT2D eigenvalue weighted by molar-refractivity contribution is 5.92. The van der Waals surface area contributed by atoms with E-state index >= 15 is 0 Å². The standard InChI is InChI=1S/C18H19N5O4/c1-12(24)22-6-8-23(9-7-22)17(25)14-4-5-19-18(21-14)20-13-2-3-15-16(10-13)27-11-26-15/h2-5,10H,6-9,11H2,1H3,(H,19,20,21). The summed E-state index contributed by atoms with van der Waals surface area (Å²) in [4.78, 5) is 36.0. The van der Waals surface area contributed by atoms with Gasteiger partial charge in [-0.3, -0.25) is 9.59 Å². The minimum atomic E-state index is -0.172. The van der Waals surface area contributed by atoms with Gasteiger partial charge in [-0.2, -0.15) is 0 Å². The molecule has 2 amide bonds. The van der Waals surface area contributed by atoms with E-state index in [-0.39, 0.29) is 18.6 Å². The average molecular weight is 369 g/mol. The Morgan fingerprint density at radius 2 is 1.78 bits per heavy atom. The van der Waals surface area contributed by atoms with E-state index in [2.05, 4.69) is 15.3 Å². The van der Waals surface area contributed by atoms with Crippen molar-refractivity contribution < 1.29 is 19.1 Å². The van der Waals surface area contributed by atoms with Gasteiger partial charge in [0.1, 0.15) is 5.69 Å². The molecule has 0 unspecified atom stereocenters. The number of benzene rings is 1. The zero-order chi connectivity index (χ0) is 18.8. The van der Waals surface area contributed by atoms with E-state index in [4.69, 9.17) is 9.47 Å². The Morgan fingerprint density at radius 3 is 2.56 bits per heavy atom. The van der Waals surface area contributed by atoms with Gasteiger partial charge in [-0.05, 0) is 18.2 Å². The fraction of sp³-hybridized carbons (Fsp3) is 0.333. The average Bonchev–Trinajstić information content (AvgIpc) is 3.15. The van der Waals surface area contributed by atoms with E-state index < -0.39 is 0 Å². The van der Waals surface area contributed by atoms with Gasteiger partial charge in [0, 0.05) is 51.1 Å². The molecular weight excluding hydrogens is 350 g/mol. The number of carbonyl (C=O) groups excluding carboxylic acids is 2. The zero-order valence-electron chi connectivity index (χ0n) is 14.8. The maximum atomic E-state index is 12.7. The van der Waals surface area contributed by atoms with Crippen LogP contribution in [-0.2, 0) is 4.79 Å². The maximum Gasteiger partial charge on any atom is 0.272 e. The van der Waals surface area contributed by atoms with Gasteiger partial charge in [0.25, 0.3) is 5.91 Å². The van der Waals surface area contributed by atoms with Crippen LogP contribution in [0, 0.1) is 0 Å². The van der Waals surface area contributed by atoms with E-state index in [1.165, 1.54) is 6.92 Å². The molecule has 9 heteroatoms. The molecule has 0 saturated carbocycles. The SMILES string of the molecule is CC(=O)N1CCN(C(=O)c2ccnc(Nc3ccc4c(c3)OCO4)n2)CC1. The van der Waals surface area contributed by atoms with Crippen molar-refractivity contribution in [3.63, 3.8) is 0 Å². The molecule has 0 atom stereocenters. The number of hydrogen-bond acceptors (Lipinski definition) is 7. The zero-order valence-corrected chi connectivity index (χ0v) is 14.8. The number of carbonyl (C=O) groups is 2. The molecule has 2 aliphatic rings. The highest BCUT2D eigenvalue weighted by atomic mass is 16.7. The molecule has 1 aromatic heterocycles. The number of aromatic nitrogens is 2. The Labute approximate surface area is 155 Å². The van der Waals surface area contributed by atoms with Crippen LogP contribution in [0.15, 0.2) is 30.5 Å². The minimum Gasteiger partial charge on any atom is -0.454 e. The van der Waals surface area contributed by atoms with Gasteiger partial charge in [0.05, 0.1) is 0 Å². The first kappa shape index (κ1) is 17.1. The van der Waals surface area contributed by atoms with Crippen molar-refractivity contribution in [1.29, 1.82) is 0 Å². The van der Waals surface area contributed by atoms with Crippen molar-refractivity contribution in [2.45, 2.75) is 6.92 Å². The summed E-state index contributed by atoms with van der Waals surface area (Å²) in [5.41, 5.74) is 1.04. The van der Waals surface area contributed by atoms with Crippen LogP contribution >= 0.6 is 0 Å². The fourth-order valence-electron chi connectivity index (χ4n) is 3.03. The van der Waals surface area contributed by atoms with E-state index in [9.17, 15) is 9.59 Å². The summed E-state index contributed by atoms with van der Waals surface area (Å²) in [6.45, 7) is 3.80. The molecule has 9 nitrogen and oxygen atoms in total. The molecule has 1 N–H and O–H groups in total. The van der Waals surface area contributed by atoms with Crippen molar-refractivity contribution in [3.05, 3.63) is 36.2 Å². The molecule has 0 radical (unpaired) electrons. The summed E-state index contributed by atoms with van der Waals surface area (Å²) < 4.78 is 10.6. The lowest BCUT2D eigenvalue weighted by atomic mass is 10.2. The van der Waals surface area contributed by atoms with Gasteiger partial charge in [0.15, 0.2) is 11.5 Å². The lowest BCUT2D eigenvalue weighted by Crippen LogP contribution is -2.50. The van der Waals surface area contributed by atoms with Gasteiger partial charge in [-0.25, -0.2) is 9.97 Å². The molecular formula is C18H19N5O4. The van der Waals surface area contributed by atoms with Crippen LogP contribution in [0.3, 0.4) is 0 Å². The van der Waals surface area contributed by atoms with Crippen LogP contribution < -0.4 is 14.8 Å². The van der Waals surface area contributed by atoms with Crippen LogP contribution in [-0.4, -0.2) is 64.6 Å². The van der Waals surface area contributed by atoms with Crippen molar-refractivity contribution >= 4 is 23.5 Å². The smallest absolute Gasteiger partial charge is 0.272 e. The van der Waals surface area contributed by atoms with Gasteiger partial charge < -0.3 is 24.6 Å². The number of amides is 2. The predicted octanol–water partition coefficient (Wildman–Crippen LogP) is 1.25. The van der Waals surface area contributed by atoms with Crippen LogP contribution in [0.1, 0.15) is 17.4 Å². The normalized spacial score (nSPS) is 15.6. The molecule has 1 fully saturated rings. The molecule has 1 aromatic carbocycles. The van der Waals surface area contributed by atoms with E-state index in [1.54, 1.807) is 34.2 Å². The first-order valence-corrected chi connectivity index (χ1v) is 8.65. The first-order chi connectivity index (χ1) is 13.1. The van der Waals surface area contributed by atoms with Crippen LogP contribution in [0.2, 0.25) is 0 Å². The minimum absolute atomic E-state index is 0.0272. The third-order valence-electron chi connectivity index (χ3n) is 4.52. The van der Waals surface area contributed by atoms with Gasteiger partial charge in [0.2, 0.25) is 18.6 Å². The highest BCUT2D eigenvalue weighted by Crippen LogP contribution is 2.34. The summed E-state index contributed by atoms with van der Waals surface area (Å²) in [6, 6.07) is 7.01. The Bertz CT molecular complexity index is 880. The third kappa shape index (κ3) is 3.62. The van der Waals surface area contributed by atoms with Crippen molar-refractivity contribution in [2.24, 2.45) is 0 Å². The van der Waals surface area contributed by atoms with Gasteiger partial charge in [-0.15, -0.1) is 0 Å². The number of hydrogen-bond donors (Lipinski definition) is 1. The highest BCUT2D eigenvalue weighted by Gasteiger charge is 2.24. The second-order valence-electron chi connectivity index (χ2n) is 6.26. The Kier molecular flexibility index (Phi) is 4.49. The topological polar surface area (TPSA) is 96.9 Å². The second-order valence-corrected chi connectivity index (χ2v) is 6.26. The number of ether oxygens (including phenoxy) is 2. The summed E-state index contributed by atoms with van der Waals surface area (Å²) in [5, 5.41) is 3.07. The summed E-state index contributed by atoms with van der Waals surface area (Å²) >= 11 is 0. The van der Waals surface area contributed by atoms with Gasteiger partial charge >= 0.3 is 0 Å². The number of rotatable bonds is 3. The summed E-state index contributed by atoms with van der Waals surface area (Å²) in [5.74, 6) is 1.52. The molecule has 1 saturated heterocycles. The third-order valence-corrected chi connectivity index (χ3v) is 4.52. The molecule has 2 aromatic rings. The molecule has 27 heavy (non-hydrogen) atoms. The Morgan fingerprint density at radius 1 is 1.04 bits per heavy atom. The first-order valence-electron chi connectivity index (χ1n) is 8.65. The van der Waals surface area contributed by atoms with Gasteiger partial charge in [-0.1, -0.05) is 0 Å². The summed E-state index contributed by atoms with van der Waals surface area (Å²) in [6.07, 6.45) is 1.54. The molecule has 2 aliphatic heterocycles. The number of anilines is 2. The van der Waals surface area contributed by atoms with E-state index in [0.29, 0.717) is 49.3 Å². The lowest BCUT2D eigenvalue weighted by molar-refractivity contribution is -0.130. The lowest BCUT2D eigenvalue weighted by Gasteiger charge is -2.34. The predicted molar refractivity (Wildman–Crippen MR) is 96.0 cm³/mol. The molecule has 140 valence electrons. The summed E-state index contributed by atoms with van der Waals surface area (Å²) in [7, 11) is 0. The molecule has 0 bridgehead atoms. The maximum absolute atomic E-state index is 12.7. The Balaban J connectivity index is 1.44. The Hall–Kier alpha value is -3.36. The largest absolute Gasteiger partial charge is 0.454 e. The number of nitrogens with zero attached hydrogens (tertiary/aromatic N) is 4. The van der Waals surface area contributed by atoms with Crippen LogP contribution in [0.25, 0.3) is 0 Å². The van der Waals surface area contributed by atoms with Crippen molar-refractivity contribution in [3.8, 4) is 11.5 Å². The number of piperazine rings is 1. The molecule has 4 rings (SSSR count). The number of fused-ring (bicyclic) bond motifs is 1. The monoisotopic (exact) mass is 369 g/mol. The van der Waals surface area contributed by atoms with Crippen molar-refractivity contribution in [1.82, 2.24) is 19.8 Å². The molecule has 3 heterocycles. The number of nitrogens with one attached hydrogen (secondary N) is 1. The van der Waals surface area contributed by atoms with Crippen molar-refractivity contribution in [2.75, 3.05) is 38.3 Å². The fourth-order valence-corrected chi connectivity index (χ4v) is 3.03. The molecule has 0 spiro atoms. The molecule has 0 aliphatic carbocycles. The van der Waals surface area contributed by atoms with E-state index in [0.717, 1.165) is 5.69 Å².